The predicted molar refractivity (Wildman–Crippen MR) is 189 cm³/mol. The zero-order chi connectivity index (χ0) is 38.4. The third-order valence-electron chi connectivity index (χ3n) is 8.76. The van der Waals surface area contributed by atoms with Crippen LogP contribution in [0.3, 0.4) is 0 Å². The Hall–Kier alpha value is -5.63. The molecule has 1 aliphatic heterocycles. The molecule has 0 spiro atoms. The molecule has 1 aromatic carbocycles. The van der Waals surface area contributed by atoms with Crippen molar-refractivity contribution in [3.63, 3.8) is 0 Å². The van der Waals surface area contributed by atoms with E-state index < -0.39 is 67.1 Å². The van der Waals surface area contributed by atoms with Crippen molar-refractivity contribution in [1.82, 2.24) is 15.0 Å². The van der Waals surface area contributed by atoms with Gasteiger partial charge in [-0.2, -0.15) is 0 Å². The van der Waals surface area contributed by atoms with E-state index in [1.807, 2.05) is 6.07 Å². The molecule has 2 aliphatic carbocycles. The third kappa shape index (κ3) is 9.06. The largest absolute Gasteiger partial charge is 0.463 e. The maximum Gasteiger partial charge on any atom is 0.359 e. The molecule has 0 saturated carbocycles. The van der Waals surface area contributed by atoms with Gasteiger partial charge in [0.05, 0.1) is 6.61 Å². The molecule has 1 saturated heterocycles. The van der Waals surface area contributed by atoms with Crippen LogP contribution in [0.2, 0.25) is 0 Å². The van der Waals surface area contributed by atoms with Crippen molar-refractivity contribution in [2.45, 2.75) is 91.4 Å². The van der Waals surface area contributed by atoms with E-state index in [1.54, 1.807) is 30.3 Å². The second-order valence-electron chi connectivity index (χ2n) is 13.1. The number of hydrogen-bond acceptors (Lipinski definition) is 13. The van der Waals surface area contributed by atoms with Crippen LogP contribution in [0, 0.1) is 6.92 Å². The predicted octanol–water partition coefficient (Wildman–Crippen LogP) is 5.14. The molecule has 5 atom stereocenters. The van der Waals surface area contributed by atoms with Crippen LogP contribution in [0.15, 0.2) is 60.7 Å². The van der Waals surface area contributed by atoms with E-state index in [2.05, 4.69) is 55.3 Å². The minimum atomic E-state index is -1.53. The summed E-state index contributed by atoms with van der Waals surface area (Å²) in [6.45, 7) is 10.4. The lowest BCUT2D eigenvalue weighted by molar-refractivity contribution is -0.270. The van der Waals surface area contributed by atoms with Gasteiger partial charge >= 0.3 is 29.8 Å². The summed E-state index contributed by atoms with van der Waals surface area (Å²) in [5.74, 6) is -3.56. The lowest BCUT2D eigenvalue weighted by atomic mass is 9.97. The first-order chi connectivity index (χ1) is 25.2. The van der Waals surface area contributed by atoms with Crippen LogP contribution in [0.1, 0.15) is 80.9 Å². The highest BCUT2D eigenvalue weighted by atomic mass is 16.7. The van der Waals surface area contributed by atoms with Gasteiger partial charge in [-0.25, -0.2) is 9.48 Å². The number of fused-ring (bicyclic) bond motifs is 1. The summed E-state index contributed by atoms with van der Waals surface area (Å²) in [5.41, 5.74) is 5.97. The number of carbonyl (C=O) groups excluding carboxylic acids is 5. The Kier molecular flexibility index (Phi) is 12.2. The molecular weight excluding hydrogens is 686 g/mol. The van der Waals surface area contributed by atoms with Gasteiger partial charge in [0.25, 0.3) is 0 Å². The molecular formula is C39H43N3O11. The number of aromatic nitrogens is 3. The molecule has 1 fully saturated rings. The molecule has 53 heavy (non-hydrogen) atoms. The highest BCUT2D eigenvalue weighted by molar-refractivity contribution is 5.94. The lowest BCUT2D eigenvalue weighted by Gasteiger charge is -2.44. The molecule has 0 N–H and O–H groups in total. The van der Waals surface area contributed by atoms with E-state index >= 15 is 0 Å². The topological polar surface area (TPSA) is 171 Å². The molecule has 0 unspecified atom stereocenters. The average Bonchev–Trinajstić information content (AvgIpc) is 3.64. The number of aryl methyl sites for hydroxylation is 1. The summed E-state index contributed by atoms with van der Waals surface area (Å²) in [6.07, 6.45) is -6.82. The van der Waals surface area contributed by atoms with E-state index in [1.165, 1.54) is 12.5 Å². The SMILES string of the molecule is CC(=O)OC[C@H]1O[C@@H](n2nnc(-c3ccccc3)c2C(=O)OCCc2ccc(C(C)C)cc3c(C)ccc2-3)[C@@H](OC(C)=O)[C@@H](OC(C)=O)[C@@H]1OC(C)=O. The van der Waals surface area contributed by atoms with Crippen molar-refractivity contribution in [2.24, 2.45) is 0 Å². The number of nitrogens with zero attached hydrogens (tertiary/aromatic N) is 3. The van der Waals surface area contributed by atoms with E-state index in [9.17, 15) is 24.0 Å². The number of hydrogen-bond donors (Lipinski definition) is 0. The normalized spacial score (nSPS) is 19.7. The molecule has 280 valence electrons. The van der Waals surface area contributed by atoms with Crippen LogP contribution in [0.4, 0.5) is 0 Å². The van der Waals surface area contributed by atoms with Crippen LogP contribution < -0.4 is 0 Å². The Labute approximate surface area is 307 Å². The van der Waals surface area contributed by atoms with Gasteiger partial charge in [0.15, 0.2) is 30.2 Å². The number of esters is 5. The van der Waals surface area contributed by atoms with E-state index in [4.69, 9.17) is 28.4 Å². The van der Waals surface area contributed by atoms with Gasteiger partial charge in [-0.1, -0.05) is 79.7 Å². The lowest BCUT2D eigenvalue weighted by Crippen LogP contribution is -2.61. The Bertz CT molecular complexity index is 1940. The molecule has 2 aromatic rings. The number of carbonyl (C=O) groups is 5. The third-order valence-corrected chi connectivity index (χ3v) is 8.76. The highest BCUT2D eigenvalue weighted by Crippen LogP contribution is 2.37. The molecule has 2 heterocycles. The van der Waals surface area contributed by atoms with Crippen molar-refractivity contribution in [3.05, 3.63) is 83.0 Å². The summed E-state index contributed by atoms with van der Waals surface area (Å²) in [5, 5.41) is 8.57. The maximum atomic E-state index is 14.2. The zero-order valence-electron chi connectivity index (χ0n) is 30.7. The van der Waals surface area contributed by atoms with Crippen molar-refractivity contribution < 1.29 is 52.4 Å². The van der Waals surface area contributed by atoms with Crippen molar-refractivity contribution >= 4 is 29.8 Å². The van der Waals surface area contributed by atoms with Crippen LogP contribution in [0.5, 0.6) is 0 Å². The fraction of sp³-hybridized carbons (Fsp3) is 0.410. The summed E-state index contributed by atoms with van der Waals surface area (Å²) in [4.78, 5) is 63.2. The van der Waals surface area contributed by atoms with E-state index in [0.29, 0.717) is 17.9 Å². The summed E-state index contributed by atoms with van der Waals surface area (Å²) >= 11 is 0. The van der Waals surface area contributed by atoms with Crippen LogP contribution in [-0.2, 0) is 54.0 Å². The molecule has 14 nitrogen and oxygen atoms in total. The quantitative estimate of drug-likeness (QED) is 0.139. The van der Waals surface area contributed by atoms with Crippen molar-refractivity contribution in [1.29, 1.82) is 0 Å². The first-order valence-corrected chi connectivity index (χ1v) is 17.3. The van der Waals surface area contributed by atoms with Gasteiger partial charge in [0.1, 0.15) is 18.4 Å². The average molecular weight is 730 g/mol. The monoisotopic (exact) mass is 729 g/mol. The van der Waals surface area contributed by atoms with E-state index in [0.717, 1.165) is 47.7 Å². The smallest absolute Gasteiger partial charge is 0.359 e. The van der Waals surface area contributed by atoms with Gasteiger partial charge in [0.2, 0.25) is 0 Å². The number of rotatable bonds is 12. The molecule has 14 heteroatoms. The van der Waals surface area contributed by atoms with Gasteiger partial charge in [-0.15, -0.1) is 5.10 Å². The zero-order valence-corrected chi connectivity index (χ0v) is 30.7. The number of ether oxygens (including phenoxy) is 6. The van der Waals surface area contributed by atoms with Crippen LogP contribution >= 0.6 is 0 Å². The molecule has 3 aliphatic rings. The summed E-state index contributed by atoms with van der Waals surface area (Å²) in [6, 6.07) is 19.2. The summed E-state index contributed by atoms with van der Waals surface area (Å²) in [7, 11) is 0. The molecule has 0 bridgehead atoms. The fourth-order valence-corrected chi connectivity index (χ4v) is 6.33. The molecule has 0 radical (unpaired) electrons. The highest BCUT2D eigenvalue weighted by Gasteiger charge is 2.54. The van der Waals surface area contributed by atoms with Crippen molar-refractivity contribution in [3.8, 4) is 22.4 Å². The minimum absolute atomic E-state index is 0.0167. The molecule has 0 amide bonds. The van der Waals surface area contributed by atoms with Gasteiger partial charge in [0, 0.05) is 39.7 Å². The fourth-order valence-electron chi connectivity index (χ4n) is 6.33. The first kappa shape index (κ1) is 38.6. The van der Waals surface area contributed by atoms with Crippen LogP contribution in [0.25, 0.3) is 22.4 Å². The Morgan fingerprint density at radius 2 is 1.43 bits per heavy atom. The standard InChI is InChI=1S/C39H43N3O11/c1-21(2)29-15-14-27(30-16-13-22(3)31(30)19-29)17-18-48-39(47)34-33(28-11-9-8-10-12-28)40-41-42(34)38-37(52-26(7)46)36(51-25(6)45)35(50-24(5)44)32(53-38)20-49-23(4)43/h8-16,19,21,32,35-38H,17-18,20H2,1-7H3/t32-,35-,36+,37+,38-/m1/s1. The van der Waals surface area contributed by atoms with Crippen molar-refractivity contribution in [2.75, 3.05) is 13.2 Å². The van der Waals surface area contributed by atoms with Crippen LogP contribution in [-0.4, -0.2) is 82.5 Å². The second-order valence-corrected chi connectivity index (χ2v) is 13.1. The Balaban J connectivity index is 1.55. The Morgan fingerprint density at radius 1 is 0.774 bits per heavy atom. The molecule has 5 rings (SSSR count). The number of benzene rings is 1. The van der Waals surface area contributed by atoms with Gasteiger partial charge < -0.3 is 28.4 Å². The van der Waals surface area contributed by atoms with Gasteiger partial charge in [-0.05, 0) is 40.7 Å². The summed E-state index contributed by atoms with van der Waals surface area (Å²) < 4.78 is 35.2. The second kappa shape index (κ2) is 16.8. The van der Waals surface area contributed by atoms with E-state index in [-0.39, 0.29) is 18.0 Å². The Morgan fingerprint density at radius 3 is 2.08 bits per heavy atom. The first-order valence-electron chi connectivity index (χ1n) is 17.3. The minimum Gasteiger partial charge on any atom is -0.463 e. The van der Waals surface area contributed by atoms with Gasteiger partial charge in [-0.3, -0.25) is 19.2 Å². The molecule has 1 aromatic heterocycles. The maximum absolute atomic E-state index is 14.2.